The van der Waals surface area contributed by atoms with E-state index in [2.05, 4.69) is 4.98 Å². The molecule has 0 amide bonds. The highest BCUT2D eigenvalue weighted by atomic mass is 35.5. The Balaban J connectivity index is 2.17. The Bertz CT molecular complexity index is 798. The topological polar surface area (TPSA) is 43.3 Å². The van der Waals surface area contributed by atoms with Crippen LogP contribution in [0.4, 0.5) is 4.39 Å². The maximum Gasteiger partial charge on any atom is 0.142 e. The third-order valence-electron chi connectivity index (χ3n) is 3.03. The molecule has 0 saturated carbocycles. The van der Waals surface area contributed by atoms with Crippen LogP contribution in [0.2, 0.25) is 10.0 Å². The molecule has 0 radical (unpaired) electrons. The highest BCUT2D eigenvalue weighted by Gasteiger charge is 2.12. The lowest BCUT2D eigenvalue weighted by Gasteiger charge is -2.02. The highest BCUT2D eigenvalue weighted by molar-refractivity contribution is 6.36. The molecular weight excluding hydrogens is 300 g/mol. The number of rotatable bonds is 2. The molecule has 6 heteroatoms. The molecule has 0 bridgehead atoms. The van der Waals surface area contributed by atoms with Gasteiger partial charge in [-0.3, -0.25) is 0 Å². The van der Waals surface area contributed by atoms with Crippen LogP contribution in [-0.4, -0.2) is 9.38 Å². The number of nitrogens with two attached hydrogens (primary N) is 1. The van der Waals surface area contributed by atoms with Crippen molar-refractivity contribution in [1.29, 1.82) is 0 Å². The van der Waals surface area contributed by atoms with Crippen LogP contribution in [0.5, 0.6) is 0 Å². The molecule has 1 aromatic carbocycles. The van der Waals surface area contributed by atoms with Crippen LogP contribution in [-0.2, 0) is 6.54 Å². The van der Waals surface area contributed by atoms with E-state index >= 15 is 0 Å². The smallest absolute Gasteiger partial charge is 0.142 e. The van der Waals surface area contributed by atoms with Gasteiger partial charge in [0.1, 0.15) is 11.5 Å². The summed E-state index contributed by atoms with van der Waals surface area (Å²) in [6.07, 6.45) is 3.66. The van der Waals surface area contributed by atoms with E-state index in [1.54, 1.807) is 6.20 Å². The Labute approximate surface area is 124 Å². The lowest BCUT2D eigenvalue weighted by atomic mass is 10.1. The predicted octanol–water partition coefficient (Wildman–Crippen LogP) is 3.91. The van der Waals surface area contributed by atoms with Gasteiger partial charge in [-0.05, 0) is 23.8 Å². The number of aromatic nitrogens is 2. The predicted molar refractivity (Wildman–Crippen MR) is 78.5 cm³/mol. The Morgan fingerprint density at radius 1 is 1.15 bits per heavy atom. The largest absolute Gasteiger partial charge is 0.326 e. The van der Waals surface area contributed by atoms with Gasteiger partial charge in [0.05, 0.1) is 15.7 Å². The molecule has 102 valence electrons. The van der Waals surface area contributed by atoms with E-state index in [9.17, 15) is 4.39 Å². The van der Waals surface area contributed by atoms with E-state index in [0.29, 0.717) is 22.8 Å². The van der Waals surface area contributed by atoms with E-state index in [4.69, 9.17) is 28.9 Å². The molecule has 20 heavy (non-hydrogen) atoms. The molecular formula is C14H10Cl2FN3. The average molecular weight is 310 g/mol. The van der Waals surface area contributed by atoms with Crippen LogP contribution in [0.1, 0.15) is 5.56 Å². The number of hydrogen-bond donors (Lipinski definition) is 1. The summed E-state index contributed by atoms with van der Waals surface area (Å²) in [4.78, 5) is 4.42. The third-order valence-corrected chi connectivity index (χ3v) is 3.64. The number of pyridine rings is 1. The molecule has 3 nitrogen and oxygen atoms in total. The molecule has 0 fully saturated rings. The van der Waals surface area contributed by atoms with E-state index in [1.807, 2.05) is 22.7 Å². The average Bonchev–Trinajstić information content (AvgIpc) is 2.85. The quantitative estimate of drug-likeness (QED) is 0.729. The summed E-state index contributed by atoms with van der Waals surface area (Å²) in [5, 5.41) is 0.354. The van der Waals surface area contributed by atoms with Gasteiger partial charge in [-0.15, -0.1) is 0 Å². The minimum Gasteiger partial charge on any atom is -0.326 e. The Kier molecular flexibility index (Phi) is 3.38. The summed E-state index contributed by atoms with van der Waals surface area (Å²) in [6, 6.07) is 6.42. The van der Waals surface area contributed by atoms with Crippen molar-refractivity contribution in [3.05, 3.63) is 58.1 Å². The van der Waals surface area contributed by atoms with Gasteiger partial charge in [-0.25, -0.2) is 9.37 Å². The van der Waals surface area contributed by atoms with Crippen molar-refractivity contribution in [2.75, 3.05) is 0 Å². The Morgan fingerprint density at radius 3 is 2.70 bits per heavy atom. The first-order valence-electron chi connectivity index (χ1n) is 5.91. The molecule has 2 heterocycles. The van der Waals surface area contributed by atoms with Crippen molar-refractivity contribution in [2.45, 2.75) is 6.54 Å². The van der Waals surface area contributed by atoms with Gasteiger partial charge in [-0.1, -0.05) is 29.3 Å². The maximum absolute atomic E-state index is 13.6. The van der Waals surface area contributed by atoms with Crippen molar-refractivity contribution >= 4 is 28.8 Å². The summed E-state index contributed by atoms with van der Waals surface area (Å²) in [5.74, 6) is -0.522. The van der Waals surface area contributed by atoms with Crippen molar-refractivity contribution in [2.24, 2.45) is 5.73 Å². The zero-order valence-corrected chi connectivity index (χ0v) is 11.8. The number of benzene rings is 1. The van der Waals surface area contributed by atoms with Gasteiger partial charge in [0.2, 0.25) is 0 Å². The first kappa shape index (κ1) is 13.4. The molecule has 2 N–H and O–H groups in total. The van der Waals surface area contributed by atoms with Gasteiger partial charge in [0, 0.05) is 24.5 Å². The normalized spacial score (nSPS) is 11.2. The molecule has 0 aliphatic rings. The number of imidazole rings is 1. The van der Waals surface area contributed by atoms with Crippen LogP contribution >= 0.6 is 23.2 Å². The minimum absolute atomic E-state index is 0.00654. The summed E-state index contributed by atoms with van der Waals surface area (Å²) in [6.45, 7) is 0.444. The van der Waals surface area contributed by atoms with E-state index in [0.717, 1.165) is 11.2 Å². The number of fused-ring (bicyclic) bond motifs is 1. The molecule has 0 aliphatic carbocycles. The van der Waals surface area contributed by atoms with Crippen molar-refractivity contribution in [3.63, 3.8) is 0 Å². The summed E-state index contributed by atoms with van der Waals surface area (Å²) in [7, 11) is 0. The summed E-state index contributed by atoms with van der Waals surface area (Å²) in [5.41, 5.74) is 8.41. The highest BCUT2D eigenvalue weighted by Crippen LogP contribution is 2.31. The standard InChI is InChI=1S/C14H10Cl2FN3/c15-10-4-11(16)12(17)3-9(10)13-7-20-6-8(5-18)1-2-14(20)19-13/h1-4,6-7H,5,18H2. The first-order chi connectivity index (χ1) is 9.58. The SMILES string of the molecule is NCc1ccc2nc(-c3cc(F)c(Cl)cc3Cl)cn2c1. The second-order valence-corrected chi connectivity index (χ2v) is 5.19. The number of hydrogen-bond acceptors (Lipinski definition) is 2. The number of halogens is 3. The van der Waals surface area contributed by atoms with Crippen LogP contribution < -0.4 is 5.73 Å². The minimum atomic E-state index is -0.522. The van der Waals surface area contributed by atoms with Crippen molar-refractivity contribution < 1.29 is 4.39 Å². The Morgan fingerprint density at radius 2 is 1.95 bits per heavy atom. The second kappa shape index (κ2) is 5.05. The Hall–Kier alpha value is -1.62. The fourth-order valence-corrected chi connectivity index (χ4v) is 2.49. The van der Waals surface area contributed by atoms with E-state index in [1.165, 1.54) is 12.1 Å². The van der Waals surface area contributed by atoms with Crippen molar-refractivity contribution in [1.82, 2.24) is 9.38 Å². The molecule has 2 aromatic heterocycles. The molecule has 3 aromatic rings. The van der Waals surface area contributed by atoms with Crippen LogP contribution in [0, 0.1) is 5.82 Å². The number of nitrogens with zero attached hydrogens (tertiary/aromatic N) is 2. The van der Waals surface area contributed by atoms with Gasteiger partial charge in [-0.2, -0.15) is 0 Å². The van der Waals surface area contributed by atoms with Crippen LogP contribution in [0.3, 0.4) is 0 Å². The van der Waals surface area contributed by atoms with Crippen LogP contribution in [0.25, 0.3) is 16.9 Å². The molecule has 0 atom stereocenters. The van der Waals surface area contributed by atoms with E-state index < -0.39 is 5.82 Å². The molecule has 0 unspecified atom stereocenters. The van der Waals surface area contributed by atoms with Gasteiger partial charge in [0.25, 0.3) is 0 Å². The lowest BCUT2D eigenvalue weighted by Crippen LogP contribution is -1.97. The first-order valence-corrected chi connectivity index (χ1v) is 6.66. The fourth-order valence-electron chi connectivity index (χ4n) is 2.01. The zero-order valence-electron chi connectivity index (χ0n) is 10.3. The molecule has 0 saturated heterocycles. The lowest BCUT2D eigenvalue weighted by molar-refractivity contribution is 0.629. The fraction of sp³-hybridized carbons (Fsp3) is 0.0714. The van der Waals surface area contributed by atoms with Gasteiger partial charge in [0.15, 0.2) is 0 Å². The van der Waals surface area contributed by atoms with Gasteiger partial charge >= 0.3 is 0 Å². The molecule has 0 spiro atoms. The van der Waals surface area contributed by atoms with Gasteiger partial charge < -0.3 is 10.1 Å². The maximum atomic E-state index is 13.6. The second-order valence-electron chi connectivity index (χ2n) is 4.38. The van der Waals surface area contributed by atoms with E-state index in [-0.39, 0.29) is 5.02 Å². The van der Waals surface area contributed by atoms with Crippen molar-refractivity contribution in [3.8, 4) is 11.3 Å². The summed E-state index contributed by atoms with van der Waals surface area (Å²) < 4.78 is 15.4. The molecule has 3 rings (SSSR count). The van der Waals surface area contributed by atoms with Crippen LogP contribution in [0.15, 0.2) is 36.7 Å². The third kappa shape index (κ3) is 2.26. The summed E-state index contributed by atoms with van der Waals surface area (Å²) >= 11 is 11.8. The zero-order chi connectivity index (χ0) is 14.3. The monoisotopic (exact) mass is 309 g/mol. The molecule has 0 aliphatic heterocycles.